The fraction of sp³-hybridized carbons (Fsp3) is 0.0833. The van der Waals surface area contributed by atoms with Gasteiger partial charge in [-0.05, 0) is 30.7 Å². The van der Waals surface area contributed by atoms with Crippen LogP contribution in [0.2, 0.25) is 5.02 Å². The van der Waals surface area contributed by atoms with E-state index in [-0.39, 0.29) is 0 Å². The molecule has 0 atom stereocenters. The van der Waals surface area contributed by atoms with Crippen LogP contribution in [0.4, 0.5) is 17.1 Å². The van der Waals surface area contributed by atoms with E-state index >= 15 is 0 Å². The minimum atomic E-state index is 0.610. The van der Waals surface area contributed by atoms with Crippen LogP contribution in [-0.2, 0) is 0 Å². The van der Waals surface area contributed by atoms with E-state index in [1.165, 1.54) is 0 Å². The van der Waals surface area contributed by atoms with Crippen molar-refractivity contribution < 1.29 is 0 Å². The molecule has 0 amide bonds. The van der Waals surface area contributed by atoms with Gasteiger partial charge in [0.25, 0.3) is 0 Å². The smallest absolute Gasteiger partial charge is 0.0739 e. The van der Waals surface area contributed by atoms with Gasteiger partial charge in [-0.25, -0.2) is 0 Å². The van der Waals surface area contributed by atoms with Gasteiger partial charge in [-0.3, -0.25) is 4.98 Å². The summed E-state index contributed by atoms with van der Waals surface area (Å²) in [7, 11) is 0. The predicted molar refractivity (Wildman–Crippen MR) is 68.1 cm³/mol. The monoisotopic (exact) mass is 233 g/mol. The Morgan fingerprint density at radius 2 is 2.12 bits per heavy atom. The van der Waals surface area contributed by atoms with Gasteiger partial charge >= 0.3 is 0 Å². The highest BCUT2D eigenvalue weighted by Crippen LogP contribution is 2.25. The molecule has 0 aliphatic carbocycles. The molecule has 1 aromatic heterocycles. The number of halogens is 1. The summed E-state index contributed by atoms with van der Waals surface area (Å²) in [6, 6.07) is 7.61. The third-order valence-electron chi connectivity index (χ3n) is 2.30. The Labute approximate surface area is 99.3 Å². The molecular formula is C12H12ClN3. The van der Waals surface area contributed by atoms with Crippen LogP contribution >= 0.6 is 11.6 Å². The van der Waals surface area contributed by atoms with Crippen LogP contribution in [0.15, 0.2) is 36.7 Å². The van der Waals surface area contributed by atoms with Gasteiger partial charge < -0.3 is 11.1 Å². The van der Waals surface area contributed by atoms with Crippen molar-refractivity contribution in [2.24, 2.45) is 0 Å². The van der Waals surface area contributed by atoms with E-state index in [9.17, 15) is 0 Å². The van der Waals surface area contributed by atoms with E-state index in [1.807, 2.05) is 31.2 Å². The molecule has 3 nitrogen and oxygen atoms in total. The molecule has 0 spiro atoms. The fourth-order valence-electron chi connectivity index (χ4n) is 1.35. The average Bonchev–Trinajstić information content (AvgIpc) is 2.27. The van der Waals surface area contributed by atoms with Crippen molar-refractivity contribution in [3.05, 3.63) is 47.2 Å². The van der Waals surface area contributed by atoms with Crippen LogP contribution in [0.1, 0.15) is 5.56 Å². The summed E-state index contributed by atoms with van der Waals surface area (Å²) >= 11 is 6.04. The lowest BCUT2D eigenvalue weighted by Gasteiger charge is -2.09. The van der Waals surface area contributed by atoms with Crippen molar-refractivity contribution in [1.29, 1.82) is 0 Å². The number of benzene rings is 1. The molecule has 16 heavy (non-hydrogen) atoms. The summed E-state index contributed by atoms with van der Waals surface area (Å²) in [5, 5.41) is 3.92. The molecule has 2 rings (SSSR count). The second kappa shape index (κ2) is 4.41. The molecule has 82 valence electrons. The molecule has 0 fully saturated rings. The summed E-state index contributed by atoms with van der Waals surface area (Å²) in [5.74, 6) is 0. The molecule has 2 aromatic rings. The molecule has 3 N–H and O–H groups in total. The number of hydrogen-bond donors (Lipinski definition) is 2. The Hall–Kier alpha value is -1.74. The standard InChI is InChI=1S/C12H12ClN3/c1-8-2-3-9(6-10(8)13)16-12-4-5-15-7-11(12)14/h2-7H,14H2,1H3,(H,15,16). The second-order valence-electron chi connectivity index (χ2n) is 3.55. The maximum atomic E-state index is 6.04. The molecule has 0 bridgehead atoms. The third kappa shape index (κ3) is 2.25. The van der Waals surface area contributed by atoms with E-state index in [1.54, 1.807) is 12.4 Å². The number of nitrogens with one attached hydrogen (secondary N) is 1. The normalized spacial score (nSPS) is 10.1. The Morgan fingerprint density at radius 3 is 2.81 bits per heavy atom. The van der Waals surface area contributed by atoms with E-state index in [2.05, 4.69) is 10.3 Å². The number of rotatable bonds is 2. The van der Waals surface area contributed by atoms with Crippen molar-refractivity contribution >= 4 is 28.7 Å². The van der Waals surface area contributed by atoms with Crippen molar-refractivity contribution in [2.45, 2.75) is 6.92 Å². The van der Waals surface area contributed by atoms with Gasteiger partial charge in [0.1, 0.15) is 0 Å². The SMILES string of the molecule is Cc1ccc(Nc2ccncc2N)cc1Cl. The molecule has 0 radical (unpaired) electrons. The number of aromatic nitrogens is 1. The number of nitrogens with zero attached hydrogens (tertiary/aromatic N) is 1. The first kappa shape index (κ1) is 10.8. The lowest BCUT2D eigenvalue weighted by molar-refractivity contribution is 1.33. The number of anilines is 3. The quantitative estimate of drug-likeness (QED) is 0.836. The highest BCUT2D eigenvalue weighted by atomic mass is 35.5. The summed E-state index contributed by atoms with van der Waals surface area (Å²) in [5.41, 5.74) is 9.18. The summed E-state index contributed by atoms with van der Waals surface area (Å²) in [6.45, 7) is 1.97. The number of nitrogens with two attached hydrogens (primary N) is 1. The topological polar surface area (TPSA) is 50.9 Å². The molecule has 1 heterocycles. The number of hydrogen-bond acceptors (Lipinski definition) is 3. The largest absolute Gasteiger partial charge is 0.396 e. The van der Waals surface area contributed by atoms with Gasteiger partial charge in [0.2, 0.25) is 0 Å². The van der Waals surface area contributed by atoms with Gasteiger partial charge in [-0.1, -0.05) is 17.7 Å². The molecule has 0 unspecified atom stereocenters. The molecule has 0 saturated carbocycles. The lowest BCUT2D eigenvalue weighted by Crippen LogP contribution is -1.96. The van der Waals surface area contributed by atoms with E-state index in [0.29, 0.717) is 5.69 Å². The Morgan fingerprint density at radius 1 is 1.31 bits per heavy atom. The first-order chi connectivity index (χ1) is 7.66. The molecule has 1 aromatic carbocycles. The van der Waals surface area contributed by atoms with Crippen molar-refractivity contribution in [3.8, 4) is 0 Å². The third-order valence-corrected chi connectivity index (χ3v) is 2.71. The van der Waals surface area contributed by atoms with E-state index in [4.69, 9.17) is 17.3 Å². The molecule has 0 aliphatic heterocycles. The Kier molecular flexibility index (Phi) is 2.97. The molecule has 0 saturated heterocycles. The maximum Gasteiger partial charge on any atom is 0.0739 e. The van der Waals surface area contributed by atoms with Crippen LogP contribution in [0.5, 0.6) is 0 Å². The van der Waals surface area contributed by atoms with Crippen molar-refractivity contribution in [1.82, 2.24) is 4.98 Å². The van der Waals surface area contributed by atoms with Gasteiger partial charge in [-0.2, -0.15) is 0 Å². The zero-order chi connectivity index (χ0) is 11.5. The summed E-state index contributed by atoms with van der Waals surface area (Å²) in [4.78, 5) is 3.93. The fourth-order valence-corrected chi connectivity index (χ4v) is 1.53. The zero-order valence-corrected chi connectivity index (χ0v) is 9.62. The molecule has 0 aliphatic rings. The highest BCUT2D eigenvalue weighted by molar-refractivity contribution is 6.31. The molecular weight excluding hydrogens is 222 g/mol. The Balaban J connectivity index is 2.28. The summed E-state index contributed by atoms with van der Waals surface area (Å²) < 4.78 is 0. The van der Waals surface area contributed by atoms with Crippen LogP contribution in [0.3, 0.4) is 0 Å². The first-order valence-corrected chi connectivity index (χ1v) is 5.27. The molecule has 4 heteroatoms. The van der Waals surface area contributed by atoms with E-state index < -0.39 is 0 Å². The average molecular weight is 234 g/mol. The van der Waals surface area contributed by atoms with Crippen molar-refractivity contribution in [3.63, 3.8) is 0 Å². The van der Waals surface area contributed by atoms with Crippen LogP contribution in [-0.4, -0.2) is 4.98 Å². The maximum absolute atomic E-state index is 6.04. The van der Waals surface area contributed by atoms with Gasteiger partial charge in [0.15, 0.2) is 0 Å². The summed E-state index contributed by atoms with van der Waals surface area (Å²) in [6.07, 6.45) is 3.30. The number of aryl methyl sites for hydroxylation is 1. The highest BCUT2D eigenvalue weighted by Gasteiger charge is 2.01. The minimum absolute atomic E-state index is 0.610. The predicted octanol–water partition coefficient (Wildman–Crippen LogP) is 3.37. The van der Waals surface area contributed by atoms with Gasteiger partial charge in [0.05, 0.1) is 17.6 Å². The van der Waals surface area contributed by atoms with Crippen LogP contribution in [0, 0.1) is 6.92 Å². The first-order valence-electron chi connectivity index (χ1n) is 4.89. The number of pyridine rings is 1. The van der Waals surface area contributed by atoms with E-state index in [0.717, 1.165) is 22.0 Å². The van der Waals surface area contributed by atoms with Crippen LogP contribution in [0.25, 0.3) is 0 Å². The Bertz CT molecular complexity index is 511. The number of nitrogen functional groups attached to an aromatic ring is 1. The van der Waals surface area contributed by atoms with Gasteiger partial charge in [-0.15, -0.1) is 0 Å². The van der Waals surface area contributed by atoms with Gasteiger partial charge in [0, 0.05) is 16.9 Å². The van der Waals surface area contributed by atoms with Crippen LogP contribution < -0.4 is 11.1 Å². The zero-order valence-electron chi connectivity index (χ0n) is 8.87. The van der Waals surface area contributed by atoms with Crippen molar-refractivity contribution in [2.75, 3.05) is 11.1 Å². The lowest BCUT2D eigenvalue weighted by atomic mass is 10.2. The minimum Gasteiger partial charge on any atom is -0.396 e. The second-order valence-corrected chi connectivity index (χ2v) is 3.96.